The molecule has 0 spiro atoms. The lowest BCUT2D eigenvalue weighted by atomic mass is 10.1. The Morgan fingerprint density at radius 2 is 2.08 bits per heavy atom. The summed E-state index contributed by atoms with van der Waals surface area (Å²) < 4.78 is 5.95. The van der Waals surface area contributed by atoms with Crippen LogP contribution < -0.4 is 0 Å². The van der Waals surface area contributed by atoms with Crippen LogP contribution >= 0.6 is 34.8 Å². The van der Waals surface area contributed by atoms with Crippen LogP contribution in [-0.2, 0) is 4.74 Å². The highest BCUT2D eigenvalue weighted by molar-refractivity contribution is 6.40. The van der Waals surface area contributed by atoms with Gasteiger partial charge in [-0.3, -0.25) is 0 Å². The van der Waals surface area contributed by atoms with Gasteiger partial charge in [-0.15, -0.1) is 0 Å². The Morgan fingerprint density at radius 1 is 1.33 bits per heavy atom. The van der Waals surface area contributed by atoms with Crippen LogP contribution in [0.4, 0.5) is 5.69 Å². The third-order valence-corrected chi connectivity index (χ3v) is 4.24. The minimum absolute atomic E-state index is 0.0515. The molecule has 0 saturated heterocycles. The molecule has 0 aliphatic heterocycles. The normalized spacial score (nSPS) is 10.6. The lowest BCUT2D eigenvalue weighted by Gasteiger charge is -2.10. The van der Waals surface area contributed by atoms with Crippen LogP contribution in [0.25, 0.3) is 21.6 Å². The van der Waals surface area contributed by atoms with Gasteiger partial charge in [-0.1, -0.05) is 46.9 Å². The summed E-state index contributed by atoms with van der Waals surface area (Å²) in [5, 5.41) is 4.54. The number of ether oxygens (including phenoxy) is 1. The van der Waals surface area contributed by atoms with E-state index < -0.39 is 5.97 Å². The van der Waals surface area contributed by atoms with Crippen molar-refractivity contribution in [2.45, 2.75) is 0 Å². The molecule has 1 aromatic carbocycles. The van der Waals surface area contributed by atoms with Crippen molar-refractivity contribution in [2.24, 2.45) is 0 Å². The van der Waals surface area contributed by atoms with Crippen molar-refractivity contribution in [3.05, 3.63) is 56.7 Å². The summed E-state index contributed by atoms with van der Waals surface area (Å²) in [5.41, 5.74) is 1.56. The van der Waals surface area contributed by atoms with E-state index in [1.165, 1.54) is 23.9 Å². The van der Waals surface area contributed by atoms with Gasteiger partial charge in [0, 0.05) is 10.6 Å². The van der Waals surface area contributed by atoms with Gasteiger partial charge in [0.25, 0.3) is 0 Å². The second kappa shape index (κ2) is 6.29. The molecule has 0 fully saturated rings. The molecule has 0 saturated carbocycles. The highest BCUT2D eigenvalue weighted by Gasteiger charge is 2.22. The topological polar surface area (TPSA) is 60.8 Å². The molecule has 0 aliphatic rings. The summed E-state index contributed by atoms with van der Waals surface area (Å²) in [6.45, 7) is 7.01. The first-order chi connectivity index (χ1) is 11.5. The molecule has 0 N–H and O–H groups in total. The monoisotopic (exact) mass is 380 g/mol. The zero-order chi connectivity index (χ0) is 17.4. The molecule has 0 atom stereocenters. The fourth-order valence-corrected chi connectivity index (χ4v) is 3.09. The summed E-state index contributed by atoms with van der Waals surface area (Å²) >= 11 is 18.9. The van der Waals surface area contributed by atoms with Crippen molar-refractivity contribution in [2.75, 3.05) is 7.11 Å². The largest absolute Gasteiger partial charge is 0.465 e. The van der Waals surface area contributed by atoms with Crippen LogP contribution in [0.1, 0.15) is 10.4 Å². The van der Waals surface area contributed by atoms with Crippen molar-refractivity contribution < 1.29 is 9.53 Å². The van der Waals surface area contributed by atoms with Crippen LogP contribution in [0.5, 0.6) is 0 Å². The van der Waals surface area contributed by atoms with Gasteiger partial charge in [-0.2, -0.15) is 5.10 Å². The maximum absolute atomic E-state index is 11.7. The van der Waals surface area contributed by atoms with E-state index in [0.29, 0.717) is 21.8 Å². The maximum atomic E-state index is 11.7. The number of methoxy groups -OCH3 is 1. The van der Waals surface area contributed by atoms with Gasteiger partial charge in [0.2, 0.25) is 0 Å². The number of benzene rings is 1. The van der Waals surface area contributed by atoms with Gasteiger partial charge in [0.05, 0.1) is 25.4 Å². The van der Waals surface area contributed by atoms with Crippen molar-refractivity contribution in [3.63, 3.8) is 0 Å². The predicted molar refractivity (Wildman–Crippen MR) is 91.1 cm³/mol. The minimum Gasteiger partial charge on any atom is -0.465 e. The number of aromatic nitrogens is 3. The third-order valence-electron chi connectivity index (χ3n) is 3.30. The molecule has 3 rings (SSSR count). The van der Waals surface area contributed by atoms with Crippen LogP contribution in [0.3, 0.4) is 0 Å². The Labute approximate surface area is 151 Å². The molecule has 0 aliphatic carbocycles. The second-order valence-electron chi connectivity index (χ2n) is 4.63. The molecule has 0 radical (unpaired) electrons. The van der Waals surface area contributed by atoms with E-state index in [9.17, 15) is 4.79 Å². The SMILES string of the molecule is [C-]#[N+]c1ccc(-c2c(Cl)nc3c(C(=O)OC)cnn3c2Cl)c(Cl)c1. The van der Waals surface area contributed by atoms with Crippen molar-refractivity contribution in [1.29, 1.82) is 0 Å². The molecule has 0 amide bonds. The number of nitrogens with zero attached hydrogens (tertiary/aromatic N) is 4. The molecule has 9 heteroatoms. The fourth-order valence-electron chi connectivity index (χ4n) is 2.19. The number of carbonyl (C=O) groups is 1. The molecule has 0 unspecified atom stereocenters. The van der Waals surface area contributed by atoms with Crippen LogP contribution in [0.2, 0.25) is 15.3 Å². The lowest BCUT2D eigenvalue weighted by molar-refractivity contribution is 0.0602. The van der Waals surface area contributed by atoms with Gasteiger partial charge in [-0.05, 0) is 6.07 Å². The van der Waals surface area contributed by atoms with Gasteiger partial charge in [0.1, 0.15) is 15.9 Å². The molecule has 6 nitrogen and oxygen atoms in total. The first-order valence-corrected chi connectivity index (χ1v) is 7.59. The molecule has 3 aromatic rings. The molecular formula is C15H7Cl3N4O2. The number of hydrogen-bond donors (Lipinski definition) is 0. The van der Waals surface area contributed by atoms with Gasteiger partial charge in [0.15, 0.2) is 11.3 Å². The number of hydrogen-bond acceptors (Lipinski definition) is 4. The van der Waals surface area contributed by atoms with Crippen LogP contribution in [0.15, 0.2) is 24.4 Å². The van der Waals surface area contributed by atoms with Crippen molar-refractivity contribution in [1.82, 2.24) is 14.6 Å². The first kappa shape index (κ1) is 16.5. The molecule has 2 heterocycles. The molecule has 120 valence electrons. The summed E-state index contributed by atoms with van der Waals surface area (Å²) in [4.78, 5) is 19.2. The standard InChI is InChI=1S/C15H7Cl3N4O2/c1-19-7-3-4-8(10(16)5-7)11-12(17)21-14-9(15(23)24-2)6-20-22(14)13(11)18/h3-6H,2H3. The highest BCUT2D eigenvalue weighted by atomic mass is 35.5. The summed E-state index contributed by atoms with van der Waals surface area (Å²) in [6.07, 6.45) is 1.30. The Kier molecular flexibility index (Phi) is 4.33. The maximum Gasteiger partial charge on any atom is 0.343 e. The van der Waals surface area contributed by atoms with Crippen LogP contribution in [-0.4, -0.2) is 27.7 Å². The molecular weight excluding hydrogens is 375 g/mol. The summed E-state index contributed by atoms with van der Waals surface area (Å²) in [6, 6.07) is 4.72. The number of carbonyl (C=O) groups excluding carboxylic acids is 1. The average molecular weight is 382 g/mol. The molecule has 24 heavy (non-hydrogen) atoms. The van der Waals surface area contributed by atoms with E-state index >= 15 is 0 Å². The van der Waals surface area contributed by atoms with Gasteiger partial charge < -0.3 is 4.74 Å². The molecule has 0 bridgehead atoms. The Balaban J connectivity index is 2.28. The number of fused-ring (bicyclic) bond motifs is 1. The van der Waals surface area contributed by atoms with Gasteiger partial charge >= 0.3 is 5.97 Å². The minimum atomic E-state index is -0.600. The average Bonchev–Trinajstić information content (AvgIpc) is 2.99. The van der Waals surface area contributed by atoms with E-state index in [1.807, 2.05) is 0 Å². The zero-order valence-corrected chi connectivity index (χ0v) is 14.3. The van der Waals surface area contributed by atoms with E-state index in [1.54, 1.807) is 12.1 Å². The van der Waals surface area contributed by atoms with Gasteiger partial charge in [-0.25, -0.2) is 19.1 Å². The van der Waals surface area contributed by atoms with E-state index in [0.717, 1.165) is 0 Å². The van der Waals surface area contributed by atoms with Crippen molar-refractivity contribution in [3.8, 4) is 11.1 Å². The second-order valence-corrected chi connectivity index (χ2v) is 5.75. The van der Waals surface area contributed by atoms with E-state index in [4.69, 9.17) is 41.4 Å². The Bertz CT molecular complexity index is 1020. The van der Waals surface area contributed by atoms with Crippen LogP contribution in [0, 0.1) is 6.57 Å². The lowest BCUT2D eigenvalue weighted by Crippen LogP contribution is -2.03. The summed E-state index contributed by atoms with van der Waals surface area (Å²) in [5.74, 6) is -0.600. The Morgan fingerprint density at radius 3 is 2.71 bits per heavy atom. The third kappa shape index (κ3) is 2.57. The Hall–Kier alpha value is -2.33. The predicted octanol–water partition coefficient (Wildman–Crippen LogP) is 4.69. The van der Waals surface area contributed by atoms with Crippen molar-refractivity contribution >= 4 is 52.1 Å². The first-order valence-electron chi connectivity index (χ1n) is 6.46. The smallest absolute Gasteiger partial charge is 0.343 e. The quantitative estimate of drug-likeness (QED) is 0.367. The van der Waals surface area contributed by atoms with E-state index in [-0.39, 0.29) is 21.5 Å². The zero-order valence-electron chi connectivity index (χ0n) is 12.0. The highest BCUT2D eigenvalue weighted by Crippen LogP contribution is 2.39. The summed E-state index contributed by atoms with van der Waals surface area (Å²) in [7, 11) is 1.25. The molecule has 2 aromatic heterocycles. The fraction of sp³-hybridized carbons (Fsp3) is 0.0667. The number of esters is 1. The number of rotatable bonds is 2. The van der Waals surface area contributed by atoms with E-state index in [2.05, 4.69) is 19.7 Å². The number of halogens is 3.